The summed E-state index contributed by atoms with van der Waals surface area (Å²) in [6.45, 7) is 9.04. The molecule has 0 atom stereocenters. The lowest BCUT2D eigenvalue weighted by molar-refractivity contribution is 0.242. The van der Waals surface area contributed by atoms with Crippen LogP contribution in [-0.4, -0.2) is 48.3 Å². The van der Waals surface area contributed by atoms with Gasteiger partial charge in [0.1, 0.15) is 0 Å². The summed E-state index contributed by atoms with van der Waals surface area (Å²) >= 11 is 0. The van der Waals surface area contributed by atoms with Gasteiger partial charge in [-0.1, -0.05) is 25.7 Å². The topological polar surface area (TPSA) is 61.5 Å². The fourth-order valence-electron chi connectivity index (χ4n) is 2.78. The van der Waals surface area contributed by atoms with E-state index in [-0.39, 0.29) is 6.61 Å². The molecule has 0 radical (unpaired) electrons. The summed E-state index contributed by atoms with van der Waals surface area (Å²) in [6.07, 6.45) is 13.5. The van der Waals surface area contributed by atoms with E-state index in [4.69, 9.17) is 10.8 Å². The molecule has 0 heterocycles. The molecule has 0 aromatic carbocycles. The van der Waals surface area contributed by atoms with Crippen LogP contribution >= 0.6 is 0 Å². The predicted molar refractivity (Wildman–Crippen MR) is 94.6 cm³/mol. The molecule has 0 aliphatic heterocycles. The third-order valence-electron chi connectivity index (χ3n) is 4.18. The van der Waals surface area contributed by atoms with Crippen LogP contribution in [0.2, 0.25) is 0 Å². The molecule has 126 valence electrons. The number of aliphatic hydroxyl groups excluding tert-OH is 1. The van der Waals surface area contributed by atoms with Gasteiger partial charge in [-0.3, -0.25) is 4.90 Å². The van der Waals surface area contributed by atoms with E-state index in [0.29, 0.717) is 12.1 Å². The molecular formula is C18H33N3O. The fourth-order valence-corrected chi connectivity index (χ4v) is 2.78. The number of nitrogens with zero attached hydrogens (tertiary/aromatic N) is 1. The molecule has 1 aliphatic rings. The minimum atomic E-state index is 0.257. The van der Waals surface area contributed by atoms with Gasteiger partial charge < -0.3 is 16.2 Å². The fraction of sp³-hybridized carbons (Fsp3) is 0.667. The van der Waals surface area contributed by atoms with Gasteiger partial charge in [-0.25, -0.2) is 0 Å². The second kappa shape index (κ2) is 11.5. The molecule has 0 aromatic rings. The van der Waals surface area contributed by atoms with Crippen LogP contribution in [0.1, 0.15) is 39.0 Å². The minimum Gasteiger partial charge on any atom is -0.396 e. The molecule has 4 N–H and O–H groups in total. The van der Waals surface area contributed by atoms with Crippen LogP contribution in [0.25, 0.3) is 0 Å². The number of rotatable bonds is 10. The molecule has 0 aromatic heterocycles. The number of nitrogens with one attached hydrogen (secondary N) is 1. The van der Waals surface area contributed by atoms with Crippen molar-refractivity contribution in [1.82, 2.24) is 10.2 Å². The predicted octanol–water partition coefficient (Wildman–Crippen LogP) is 2.18. The van der Waals surface area contributed by atoms with Gasteiger partial charge in [0.25, 0.3) is 0 Å². The highest BCUT2D eigenvalue weighted by Crippen LogP contribution is 2.18. The lowest BCUT2D eigenvalue weighted by Crippen LogP contribution is -2.36. The van der Waals surface area contributed by atoms with Crippen molar-refractivity contribution in [2.45, 2.75) is 51.1 Å². The Morgan fingerprint density at radius 1 is 1.36 bits per heavy atom. The van der Waals surface area contributed by atoms with E-state index in [2.05, 4.69) is 35.9 Å². The summed E-state index contributed by atoms with van der Waals surface area (Å²) in [4.78, 5) is 2.32. The molecule has 1 aliphatic carbocycles. The summed E-state index contributed by atoms with van der Waals surface area (Å²) < 4.78 is 0. The first kappa shape index (κ1) is 18.9. The number of hydrogen-bond acceptors (Lipinski definition) is 4. The van der Waals surface area contributed by atoms with Crippen molar-refractivity contribution >= 4 is 0 Å². The Hall–Kier alpha value is -1.10. The van der Waals surface area contributed by atoms with Crippen molar-refractivity contribution in [2.75, 3.05) is 26.2 Å². The van der Waals surface area contributed by atoms with Gasteiger partial charge in [0.05, 0.1) is 0 Å². The van der Waals surface area contributed by atoms with Crippen molar-refractivity contribution in [3.63, 3.8) is 0 Å². The SMILES string of the molecule is C=C/C=C(\C=C/CN(CC)CCCO)NC1CCC(N)CC1. The van der Waals surface area contributed by atoms with Crippen molar-refractivity contribution < 1.29 is 5.11 Å². The molecule has 1 fully saturated rings. The van der Waals surface area contributed by atoms with Crippen molar-refractivity contribution in [3.8, 4) is 0 Å². The Kier molecular flexibility index (Phi) is 9.87. The summed E-state index contributed by atoms with van der Waals surface area (Å²) in [7, 11) is 0. The average Bonchev–Trinajstić information content (AvgIpc) is 2.53. The Balaban J connectivity index is 2.44. The highest BCUT2D eigenvalue weighted by Gasteiger charge is 2.18. The van der Waals surface area contributed by atoms with Gasteiger partial charge in [0.2, 0.25) is 0 Å². The van der Waals surface area contributed by atoms with E-state index in [9.17, 15) is 0 Å². The Bertz CT molecular complexity index is 357. The Labute approximate surface area is 135 Å². The molecule has 0 unspecified atom stereocenters. The van der Waals surface area contributed by atoms with E-state index >= 15 is 0 Å². The molecule has 0 bridgehead atoms. The first-order chi connectivity index (χ1) is 10.7. The van der Waals surface area contributed by atoms with Crippen LogP contribution in [0, 0.1) is 0 Å². The Morgan fingerprint density at radius 3 is 2.68 bits per heavy atom. The third kappa shape index (κ3) is 7.78. The van der Waals surface area contributed by atoms with Gasteiger partial charge in [-0.15, -0.1) is 0 Å². The van der Waals surface area contributed by atoms with E-state index < -0.39 is 0 Å². The van der Waals surface area contributed by atoms with Gasteiger partial charge in [-0.2, -0.15) is 0 Å². The minimum absolute atomic E-state index is 0.257. The molecule has 4 heteroatoms. The van der Waals surface area contributed by atoms with E-state index in [1.807, 2.05) is 12.2 Å². The zero-order valence-corrected chi connectivity index (χ0v) is 14.0. The molecule has 1 saturated carbocycles. The van der Waals surface area contributed by atoms with Gasteiger partial charge in [0, 0.05) is 37.5 Å². The second-order valence-corrected chi connectivity index (χ2v) is 5.99. The standard InChI is InChI=1S/C18H33N3O/c1-3-7-17(20-18-11-9-16(19)10-12-18)8-5-13-21(4-2)14-6-15-22/h3,5,7-8,16,18,20,22H,1,4,6,9-15,19H2,2H3/b8-5-,17-7+. The quantitative estimate of drug-likeness (QED) is 0.541. The maximum Gasteiger partial charge on any atom is 0.0443 e. The molecule has 4 nitrogen and oxygen atoms in total. The summed E-state index contributed by atoms with van der Waals surface area (Å²) in [5, 5.41) is 12.5. The third-order valence-corrected chi connectivity index (χ3v) is 4.18. The number of allylic oxidation sites excluding steroid dienone is 3. The van der Waals surface area contributed by atoms with E-state index in [1.165, 1.54) is 0 Å². The van der Waals surface area contributed by atoms with E-state index in [0.717, 1.165) is 57.4 Å². The lowest BCUT2D eigenvalue weighted by atomic mass is 9.91. The highest BCUT2D eigenvalue weighted by molar-refractivity contribution is 5.22. The highest BCUT2D eigenvalue weighted by atomic mass is 16.3. The first-order valence-corrected chi connectivity index (χ1v) is 8.54. The maximum absolute atomic E-state index is 8.91. The monoisotopic (exact) mass is 307 g/mol. The molecule has 0 amide bonds. The van der Waals surface area contributed by atoms with Gasteiger partial charge >= 0.3 is 0 Å². The number of nitrogens with two attached hydrogens (primary N) is 1. The van der Waals surface area contributed by atoms with Crippen LogP contribution in [-0.2, 0) is 0 Å². The largest absolute Gasteiger partial charge is 0.396 e. The summed E-state index contributed by atoms with van der Waals surface area (Å²) in [6, 6.07) is 0.900. The van der Waals surface area contributed by atoms with Crippen LogP contribution in [0.5, 0.6) is 0 Å². The maximum atomic E-state index is 8.91. The zero-order chi connectivity index (χ0) is 16.2. The normalized spacial score (nSPS) is 23.2. The molecule has 0 spiro atoms. The second-order valence-electron chi connectivity index (χ2n) is 5.99. The smallest absolute Gasteiger partial charge is 0.0443 e. The van der Waals surface area contributed by atoms with Crippen LogP contribution in [0.4, 0.5) is 0 Å². The van der Waals surface area contributed by atoms with Gasteiger partial charge in [-0.05, 0) is 50.8 Å². The number of likely N-dealkylation sites (N-methyl/N-ethyl adjacent to an activating group) is 1. The van der Waals surface area contributed by atoms with Crippen molar-refractivity contribution in [2.24, 2.45) is 5.73 Å². The lowest BCUT2D eigenvalue weighted by Gasteiger charge is -2.28. The van der Waals surface area contributed by atoms with Gasteiger partial charge in [0.15, 0.2) is 0 Å². The average molecular weight is 307 g/mol. The number of aliphatic hydroxyl groups is 1. The first-order valence-electron chi connectivity index (χ1n) is 8.54. The van der Waals surface area contributed by atoms with Crippen LogP contribution < -0.4 is 11.1 Å². The van der Waals surface area contributed by atoms with Crippen molar-refractivity contribution in [1.29, 1.82) is 0 Å². The molecule has 22 heavy (non-hydrogen) atoms. The summed E-state index contributed by atoms with van der Waals surface area (Å²) in [5.74, 6) is 0. The summed E-state index contributed by atoms with van der Waals surface area (Å²) in [5.41, 5.74) is 7.08. The molecular weight excluding hydrogens is 274 g/mol. The molecule has 0 saturated heterocycles. The van der Waals surface area contributed by atoms with Crippen LogP contribution in [0.15, 0.2) is 36.6 Å². The zero-order valence-electron chi connectivity index (χ0n) is 14.0. The molecule has 1 rings (SSSR count). The van der Waals surface area contributed by atoms with E-state index in [1.54, 1.807) is 0 Å². The van der Waals surface area contributed by atoms with Crippen LogP contribution in [0.3, 0.4) is 0 Å². The van der Waals surface area contributed by atoms with Crippen molar-refractivity contribution in [3.05, 3.63) is 36.6 Å². The number of hydrogen-bond donors (Lipinski definition) is 3. The Morgan fingerprint density at radius 2 is 2.09 bits per heavy atom.